The van der Waals surface area contributed by atoms with Gasteiger partial charge in [0.05, 0.1) is 0 Å². The van der Waals surface area contributed by atoms with Gasteiger partial charge in [-0.1, -0.05) is 23.7 Å². The number of allylic oxidation sites excluding steroid dienone is 1. The molecular formula is C12H9ClN2O. The van der Waals surface area contributed by atoms with Crippen molar-refractivity contribution < 1.29 is 4.74 Å². The molecule has 0 N–H and O–H groups in total. The lowest BCUT2D eigenvalue weighted by Crippen LogP contribution is -1.98. The molecule has 0 aromatic heterocycles. The average molecular weight is 233 g/mol. The number of hydrogen-bond acceptors (Lipinski definition) is 3. The normalized spacial score (nSPS) is 11.0. The summed E-state index contributed by atoms with van der Waals surface area (Å²) in [6, 6.07) is 10.7. The van der Waals surface area contributed by atoms with Crippen molar-refractivity contribution in [2.45, 2.75) is 6.10 Å². The van der Waals surface area contributed by atoms with Gasteiger partial charge in [-0.3, -0.25) is 0 Å². The van der Waals surface area contributed by atoms with Gasteiger partial charge in [-0.2, -0.15) is 10.5 Å². The van der Waals surface area contributed by atoms with Crippen LogP contribution in [0.1, 0.15) is 11.7 Å². The number of hydrogen-bond donors (Lipinski definition) is 0. The first-order valence-electron chi connectivity index (χ1n) is 4.51. The summed E-state index contributed by atoms with van der Waals surface area (Å²) in [5, 5.41) is 17.9. The maximum atomic E-state index is 8.65. The van der Waals surface area contributed by atoms with Gasteiger partial charge in [0.25, 0.3) is 0 Å². The summed E-state index contributed by atoms with van der Waals surface area (Å²) in [6.07, 6.45) is 1.03. The fraction of sp³-hybridized carbons (Fsp3) is 0.167. The van der Waals surface area contributed by atoms with E-state index in [0.29, 0.717) is 5.02 Å². The van der Waals surface area contributed by atoms with E-state index in [4.69, 9.17) is 26.9 Å². The molecular weight excluding hydrogens is 224 g/mol. The number of nitrogens with zero attached hydrogens (tertiary/aromatic N) is 2. The van der Waals surface area contributed by atoms with Crippen LogP contribution in [-0.4, -0.2) is 7.11 Å². The molecule has 4 heteroatoms. The largest absolute Gasteiger partial charge is 0.373 e. The average Bonchev–Trinajstić information content (AvgIpc) is 2.31. The smallest absolute Gasteiger partial charge is 0.128 e. The van der Waals surface area contributed by atoms with Crippen molar-refractivity contribution in [3.05, 3.63) is 46.5 Å². The van der Waals surface area contributed by atoms with Crippen molar-refractivity contribution in [3.8, 4) is 12.1 Å². The van der Waals surface area contributed by atoms with Crippen LogP contribution < -0.4 is 0 Å². The zero-order chi connectivity index (χ0) is 12.0. The van der Waals surface area contributed by atoms with Crippen molar-refractivity contribution >= 4 is 11.6 Å². The summed E-state index contributed by atoms with van der Waals surface area (Å²) in [5.41, 5.74) is 0.824. The molecule has 1 aromatic carbocycles. The molecule has 1 aromatic rings. The summed E-state index contributed by atoms with van der Waals surface area (Å²) >= 11 is 5.84. The Kier molecular flexibility index (Phi) is 4.54. The van der Waals surface area contributed by atoms with Gasteiger partial charge in [-0.05, 0) is 23.8 Å². The highest BCUT2D eigenvalue weighted by Gasteiger charge is 2.09. The van der Waals surface area contributed by atoms with Crippen LogP contribution in [0.15, 0.2) is 35.9 Å². The molecule has 0 aliphatic carbocycles. The van der Waals surface area contributed by atoms with Gasteiger partial charge in [0, 0.05) is 12.1 Å². The van der Waals surface area contributed by atoms with Gasteiger partial charge in [-0.25, -0.2) is 0 Å². The second kappa shape index (κ2) is 5.92. The van der Waals surface area contributed by atoms with Gasteiger partial charge < -0.3 is 4.74 Å². The monoisotopic (exact) mass is 232 g/mol. The molecule has 1 rings (SSSR count). The first kappa shape index (κ1) is 12.3. The Morgan fingerprint density at radius 2 is 2.12 bits per heavy atom. The summed E-state index contributed by atoms with van der Waals surface area (Å²) in [6.45, 7) is 0. The van der Waals surface area contributed by atoms with Crippen LogP contribution in [0.2, 0.25) is 5.02 Å². The Balaban J connectivity index is 3.06. The van der Waals surface area contributed by atoms with E-state index in [1.807, 2.05) is 6.07 Å². The van der Waals surface area contributed by atoms with Crippen LogP contribution in [0, 0.1) is 22.7 Å². The minimum absolute atomic E-state index is 0.0202. The van der Waals surface area contributed by atoms with Crippen LogP contribution in [0.4, 0.5) is 0 Å². The maximum absolute atomic E-state index is 8.65. The third-order valence-corrected chi connectivity index (χ3v) is 2.23. The second-order valence-electron chi connectivity index (χ2n) is 3.02. The van der Waals surface area contributed by atoms with Crippen LogP contribution in [0.3, 0.4) is 0 Å². The highest BCUT2D eigenvalue weighted by Crippen LogP contribution is 2.22. The lowest BCUT2D eigenvalue weighted by atomic mass is 10.1. The minimum atomic E-state index is -0.437. The van der Waals surface area contributed by atoms with E-state index in [9.17, 15) is 0 Å². The molecule has 0 unspecified atom stereocenters. The van der Waals surface area contributed by atoms with Gasteiger partial charge in [0.15, 0.2) is 0 Å². The topological polar surface area (TPSA) is 56.8 Å². The second-order valence-corrected chi connectivity index (χ2v) is 3.45. The Morgan fingerprint density at radius 1 is 1.44 bits per heavy atom. The number of rotatable bonds is 3. The molecule has 0 aliphatic heterocycles. The molecule has 0 heterocycles. The molecule has 0 bridgehead atoms. The minimum Gasteiger partial charge on any atom is -0.373 e. The lowest BCUT2D eigenvalue weighted by molar-refractivity contribution is 0.142. The van der Waals surface area contributed by atoms with E-state index in [-0.39, 0.29) is 5.57 Å². The molecule has 16 heavy (non-hydrogen) atoms. The van der Waals surface area contributed by atoms with Crippen LogP contribution >= 0.6 is 11.6 Å². The third kappa shape index (κ3) is 3.10. The molecule has 0 spiro atoms. The van der Waals surface area contributed by atoms with Crippen LogP contribution in [0.25, 0.3) is 0 Å². The van der Waals surface area contributed by atoms with E-state index in [1.165, 1.54) is 13.2 Å². The maximum Gasteiger partial charge on any atom is 0.128 e. The van der Waals surface area contributed by atoms with E-state index >= 15 is 0 Å². The van der Waals surface area contributed by atoms with E-state index in [1.54, 1.807) is 30.3 Å². The summed E-state index contributed by atoms with van der Waals surface area (Å²) < 4.78 is 5.19. The number of ether oxygens (including phenoxy) is 1. The van der Waals surface area contributed by atoms with Gasteiger partial charge in [0.1, 0.15) is 23.8 Å². The molecule has 0 amide bonds. The van der Waals surface area contributed by atoms with Crippen LogP contribution in [-0.2, 0) is 4.74 Å². The van der Waals surface area contributed by atoms with Gasteiger partial charge in [-0.15, -0.1) is 0 Å². The SMILES string of the molecule is CO[C@@H](C=C(C#N)C#N)c1cccc(Cl)c1. The molecule has 0 aliphatic rings. The Hall–Kier alpha value is -1.81. The molecule has 1 atom stereocenters. The highest BCUT2D eigenvalue weighted by atomic mass is 35.5. The van der Waals surface area contributed by atoms with Gasteiger partial charge >= 0.3 is 0 Å². The molecule has 0 saturated heterocycles. The quantitative estimate of drug-likeness (QED) is 0.753. The highest BCUT2D eigenvalue weighted by molar-refractivity contribution is 6.30. The molecule has 0 radical (unpaired) electrons. The first-order valence-corrected chi connectivity index (χ1v) is 4.89. The van der Waals surface area contributed by atoms with E-state index in [0.717, 1.165) is 5.56 Å². The number of halogens is 1. The first-order chi connectivity index (χ1) is 7.71. The predicted molar refractivity (Wildman–Crippen MR) is 60.5 cm³/mol. The fourth-order valence-electron chi connectivity index (χ4n) is 1.23. The standard InChI is InChI=1S/C12H9ClN2O/c1-16-12(5-9(7-14)8-15)10-3-2-4-11(13)6-10/h2-6,12H,1H3/t12-/m0/s1. The zero-order valence-electron chi connectivity index (χ0n) is 8.64. The predicted octanol–water partition coefficient (Wildman–Crippen LogP) is 3.00. The number of benzene rings is 1. The molecule has 80 valence electrons. The van der Waals surface area contributed by atoms with E-state index in [2.05, 4.69) is 0 Å². The third-order valence-electron chi connectivity index (χ3n) is 1.99. The Morgan fingerprint density at radius 3 is 2.62 bits per heavy atom. The molecule has 3 nitrogen and oxygen atoms in total. The fourth-order valence-corrected chi connectivity index (χ4v) is 1.43. The lowest BCUT2D eigenvalue weighted by Gasteiger charge is -2.11. The van der Waals surface area contributed by atoms with Crippen molar-refractivity contribution in [2.24, 2.45) is 0 Å². The Bertz CT molecular complexity index is 467. The van der Waals surface area contributed by atoms with Crippen molar-refractivity contribution in [1.82, 2.24) is 0 Å². The van der Waals surface area contributed by atoms with Crippen LogP contribution in [0.5, 0.6) is 0 Å². The van der Waals surface area contributed by atoms with Crippen molar-refractivity contribution in [2.75, 3.05) is 7.11 Å². The number of nitriles is 2. The summed E-state index contributed by atoms with van der Waals surface area (Å²) in [5.74, 6) is 0. The summed E-state index contributed by atoms with van der Waals surface area (Å²) in [7, 11) is 1.51. The summed E-state index contributed by atoms with van der Waals surface area (Å²) in [4.78, 5) is 0. The Labute approximate surface area is 99.1 Å². The number of methoxy groups -OCH3 is 1. The van der Waals surface area contributed by atoms with Crippen molar-refractivity contribution in [3.63, 3.8) is 0 Å². The zero-order valence-corrected chi connectivity index (χ0v) is 9.40. The molecule has 0 fully saturated rings. The van der Waals surface area contributed by atoms with E-state index < -0.39 is 6.10 Å². The van der Waals surface area contributed by atoms with Crippen molar-refractivity contribution in [1.29, 1.82) is 10.5 Å². The molecule has 0 saturated carbocycles. The van der Waals surface area contributed by atoms with Gasteiger partial charge in [0.2, 0.25) is 0 Å².